The van der Waals surface area contributed by atoms with E-state index in [-0.39, 0.29) is 34.7 Å². The Balaban J connectivity index is 1.29. The van der Waals surface area contributed by atoms with Crippen LogP contribution in [0.1, 0.15) is 58.1 Å². The molecule has 1 amide bonds. The zero-order valence-electron chi connectivity index (χ0n) is 23.9. The monoisotopic (exact) mass is 555 g/mol. The molecule has 3 aromatic carbocycles. The average Bonchev–Trinajstić information content (AvgIpc) is 3.43. The Hall–Kier alpha value is -2.93. The lowest BCUT2D eigenvalue weighted by Gasteiger charge is -2.45. The van der Waals surface area contributed by atoms with Crippen LogP contribution in [0.2, 0.25) is 5.04 Å². The van der Waals surface area contributed by atoms with Gasteiger partial charge in [-0.15, -0.1) is 0 Å². The van der Waals surface area contributed by atoms with Gasteiger partial charge in [-0.1, -0.05) is 112 Å². The molecule has 40 heavy (non-hydrogen) atoms. The summed E-state index contributed by atoms with van der Waals surface area (Å²) in [6.45, 7) is 8.60. The molecule has 0 unspecified atom stereocenters. The third kappa shape index (κ3) is 4.80. The number of amides is 1. The molecule has 2 heterocycles. The van der Waals surface area contributed by atoms with E-state index in [0.29, 0.717) is 19.8 Å². The van der Waals surface area contributed by atoms with Crippen LogP contribution >= 0.6 is 0 Å². The fourth-order valence-corrected chi connectivity index (χ4v) is 11.8. The molecule has 6 rings (SSSR count). The van der Waals surface area contributed by atoms with Gasteiger partial charge in [0.15, 0.2) is 0 Å². The second-order valence-electron chi connectivity index (χ2n) is 12.6. The van der Waals surface area contributed by atoms with E-state index in [4.69, 9.17) is 14.0 Å². The zero-order chi connectivity index (χ0) is 27.7. The second-order valence-corrected chi connectivity index (χ2v) is 16.9. The number of hydroxylamine groups is 2. The number of carbonyl (C=O) groups excluding carboxylic acids is 1. The van der Waals surface area contributed by atoms with Gasteiger partial charge in [-0.3, -0.25) is 9.63 Å². The predicted molar refractivity (Wildman–Crippen MR) is 160 cm³/mol. The fraction of sp³-hybridized carbons (Fsp3) is 0.441. The highest BCUT2D eigenvalue weighted by atomic mass is 28.4. The van der Waals surface area contributed by atoms with Crippen molar-refractivity contribution < 1.29 is 18.8 Å². The van der Waals surface area contributed by atoms with Crippen molar-refractivity contribution in [2.45, 2.75) is 57.5 Å². The van der Waals surface area contributed by atoms with Crippen LogP contribution in [0.15, 0.2) is 84.9 Å². The van der Waals surface area contributed by atoms with E-state index >= 15 is 0 Å². The van der Waals surface area contributed by atoms with Gasteiger partial charge in [0.2, 0.25) is 5.91 Å². The number of rotatable bonds is 6. The number of ether oxygens (including phenoxy) is 1. The van der Waals surface area contributed by atoms with Crippen LogP contribution in [0, 0.1) is 17.8 Å². The Labute approximate surface area is 239 Å². The maximum atomic E-state index is 14.3. The first-order chi connectivity index (χ1) is 19.4. The zero-order valence-corrected chi connectivity index (χ0v) is 24.9. The topological polar surface area (TPSA) is 48.0 Å². The maximum Gasteiger partial charge on any atom is 0.261 e. The molecule has 0 aromatic heterocycles. The number of hydrogen-bond donors (Lipinski definition) is 0. The van der Waals surface area contributed by atoms with Gasteiger partial charge in [0.25, 0.3) is 8.32 Å². The smallest absolute Gasteiger partial charge is 0.261 e. The van der Waals surface area contributed by atoms with Crippen LogP contribution in [-0.4, -0.2) is 39.1 Å². The van der Waals surface area contributed by atoms with Crippen molar-refractivity contribution in [3.05, 3.63) is 90.5 Å². The van der Waals surface area contributed by atoms with Crippen molar-refractivity contribution >= 4 is 24.6 Å². The van der Waals surface area contributed by atoms with Gasteiger partial charge < -0.3 is 9.16 Å². The van der Waals surface area contributed by atoms with E-state index in [1.54, 1.807) is 5.06 Å². The lowest BCUT2D eigenvalue weighted by Crippen LogP contribution is -2.67. The highest BCUT2D eigenvalue weighted by Crippen LogP contribution is 2.46. The highest BCUT2D eigenvalue weighted by molar-refractivity contribution is 6.99. The van der Waals surface area contributed by atoms with Crippen molar-refractivity contribution in [3.63, 3.8) is 0 Å². The number of nitrogens with zero attached hydrogens (tertiary/aromatic N) is 1. The van der Waals surface area contributed by atoms with Crippen LogP contribution in [0.5, 0.6) is 5.75 Å². The summed E-state index contributed by atoms with van der Waals surface area (Å²) in [6.07, 6.45) is 4.06. The van der Waals surface area contributed by atoms with Gasteiger partial charge in [-0.25, -0.2) is 5.06 Å². The molecule has 5 nitrogen and oxygen atoms in total. The third-order valence-corrected chi connectivity index (χ3v) is 14.2. The predicted octanol–water partition coefficient (Wildman–Crippen LogP) is 5.89. The fourth-order valence-electron chi connectivity index (χ4n) is 7.20. The molecule has 3 aromatic rings. The SMILES string of the molecule is CC(C)(C)[Si](OC[C@H]1CCCC[C@H]1C(=O)N1OC[C@H]2COc3ccccc3[C@H]21)(c1ccccc1)c1ccccc1. The van der Waals surface area contributed by atoms with Gasteiger partial charge in [0.05, 0.1) is 19.3 Å². The van der Waals surface area contributed by atoms with Gasteiger partial charge in [-0.05, 0) is 40.2 Å². The molecule has 6 heteroatoms. The van der Waals surface area contributed by atoms with E-state index < -0.39 is 8.32 Å². The largest absolute Gasteiger partial charge is 0.493 e. The van der Waals surface area contributed by atoms with Crippen LogP contribution in [-0.2, 0) is 14.1 Å². The van der Waals surface area contributed by atoms with E-state index in [0.717, 1.165) is 37.0 Å². The lowest BCUT2D eigenvalue weighted by molar-refractivity contribution is -0.185. The molecule has 2 aliphatic heterocycles. The van der Waals surface area contributed by atoms with Gasteiger partial charge in [-0.2, -0.15) is 0 Å². The van der Waals surface area contributed by atoms with Crippen LogP contribution < -0.4 is 15.1 Å². The quantitative estimate of drug-likeness (QED) is 0.356. The van der Waals surface area contributed by atoms with Crippen molar-refractivity contribution in [1.82, 2.24) is 5.06 Å². The molecule has 210 valence electrons. The van der Waals surface area contributed by atoms with E-state index in [1.165, 1.54) is 10.4 Å². The minimum absolute atomic E-state index is 0.0855. The van der Waals surface area contributed by atoms with Crippen LogP contribution in [0.4, 0.5) is 0 Å². The summed E-state index contributed by atoms with van der Waals surface area (Å²) in [6, 6.07) is 29.5. The van der Waals surface area contributed by atoms with Crippen LogP contribution in [0.3, 0.4) is 0 Å². The molecule has 0 radical (unpaired) electrons. The summed E-state index contributed by atoms with van der Waals surface area (Å²) in [5, 5.41) is 4.16. The Morgan fingerprint density at radius 2 is 1.50 bits per heavy atom. The molecule has 1 saturated heterocycles. The van der Waals surface area contributed by atoms with E-state index in [1.807, 2.05) is 18.2 Å². The number of para-hydroxylation sites is 1. The average molecular weight is 556 g/mol. The second kappa shape index (κ2) is 11.2. The van der Waals surface area contributed by atoms with Gasteiger partial charge >= 0.3 is 0 Å². The van der Waals surface area contributed by atoms with Crippen LogP contribution in [0.25, 0.3) is 0 Å². The van der Waals surface area contributed by atoms with E-state index in [9.17, 15) is 4.79 Å². The summed E-state index contributed by atoms with van der Waals surface area (Å²) in [5.74, 6) is 1.18. The van der Waals surface area contributed by atoms with Gasteiger partial charge in [0.1, 0.15) is 5.75 Å². The number of fused-ring (bicyclic) bond motifs is 3. The van der Waals surface area contributed by atoms with Crippen molar-refractivity contribution in [3.8, 4) is 5.75 Å². The first-order valence-corrected chi connectivity index (χ1v) is 16.7. The van der Waals surface area contributed by atoms with E-state index in [2.05, 4.69) is 87.5 Å². The summed E-state index contributed by atoms with van der Waals surface area (Å²) >= 11 is 0. The molecule has 0 bridgehead atoms. The number of hydrogen-bond acceptors (Lipinski definition) is 4. The Bertz CT molecular complexity index is 1270. The van der Waals surface area contributed by atoms with Crippen molar-refractivity contribution in [2.75, 3.05) is 19.8 Å². The first-order valence-electron chi connectivity index (χ1n) is 14.8. The summed E-state index contributed by atoms with van der Waals surface area (Å²) in [7, 11) is -2.68. The molecule has 1 aliphatic carbocycles. The normalized spacial score (nSPS) is 24.6. The molecule has 1 saturated carbocycles. The first kappa shape index (κ1) is 27.2. The molecule has 4 atom stereocenters. The minimum Gasteiger partial charge on any atom is -0.493 e. The molecule has 3 aliphatic rings. The maximum absolute atomic E-state index is 14.3. The standard InChI is InChI=1S/C34H41NO4Si/c1-34(2,3)40(27-15-6-4-7-16-27,28-17-8-5-9-18-28)39-24-25-14-10-11-19-29(25)33(36)35-32-26(23-38-35)22-37-31-21-13-12-20-30(31)32/h4-9,12-13,15-18,20-21,25-26,29,32H,10-11,14,19,22-24H2,1-3H3/t25-,26-,29-,32+/m1/s1. The summed E-state index contributed by atoms with van der Waals surface area (Å²) in [5.41, 5.74) is 1.06. The third-order valence-electron chi connectivity index (χ3n) is 9.19. The molecule has 0 N–H and O–H groups in total. The van der Waals surface area contributed by atoms with Crippen molar-refractivity contribution in [1.29, 1.82) is 0 Å². The Morgan fingerprint density at radius 1 is 0.875 bits per heavy atom. The Morgan fingerprint density at radius 3 is 2.17 bits per heavy atom. The Kier molecular flexibility index (Phi) is 7.60. The highest BCUT2D eigenvalue weighted by Gasteiger charge is 2.52. The number of benzene rings is 3. The number of carbonyl (C=O) groups is 1. The molecule has 2 fully saturated rings. The summed E-state index contributed by atoms with van der Waals surface area (Å²) in [4.78, 5) is 20.4. The molecule has 0 spiro atoms. The summed E-state index contributed by atoms with van der Waals surface area (Å²) < 4.78 is 13.3. The molecular formula is C34H41NO4Si. The minimum atomic E-state index is -2.68. The molecular weight excluding hydrogens is 514 g/mol. The van der Waals surface area contributed by atoms with Crippen molar-refractivity contribution in [2.24, 2.45) is 17.8 Å². The van der Waals surface area contributed by atoms with Gasteiger partial charge in [0, 0.05) is 24.0 Å². The lowest BCUT2D eigenvalue weighted by atomic mass is 9.78.